The minimum atomic E-state index is -0.236. The number of rotatable bonds is 0. The molecule has 0 unspecified atom stereocenters. The van der Waals surface area contributed by atoms with Crippen molar-refractivity contribution < 1.29 is 10.0 Å². The van der Waals surface area contributed by atoms with E-state index in [0.29, 0.717) is 5.56 Å². The maximum Gasteiger partial charge on any atom is 0.215 e. The van der Waals surface area contributed by atoms with Crippen LogP contribution in [0.3, 0.4) is 0 Å². The highest BCUT2D eigenvalue weighted by Gasteiger charge is 2.18. The minimum absolute atomic E-state index is 0.0821. The molecule has 0 fully saturated rings. The van der Waals surface area contributed by atoms with Crippen molar-refractivity contribution in [3.63, 3.8) is 0 Å². The zero-order valence-electron chi connectivity index (χ0n) is 6.77. The molecule has 0 saturated heterocycles. The van der Waals surface area contributed by atoms with E-state index in [9.17, 15) is 4.79 Å². The largest absolute Gasteiger partial charge is 0.410 e. The van der Waals surface area contributed by atoms with Crippen LogP contribution in [0.4, 0.5) is 0 Å². The summed E-state index contributed by atoms with van der Waals surface area (Å²) in [4.78, 5) is 11.5. The third kappa shape index (κ3) is 1.14. The molecule has 0 amide bonds. The zero-order chi connectivity index (χ0) is 9.26. The Hall–Kier alpha value is -1.90. The summed E-state index contributed by atoms with van der Waals surface area (Å²) in [5.41, 5.74) is 1.52. The molecule has 13 heavy (non-hydrogen) atoms. The van der Waals surface area contributed by atoms with Gasteiger partial charge >= 0.3 is 0 Å². The van der Waals surface area contributed by atoms with E-state index in [0.717, 1.165) is 5.56 Å². The van der Waals surface area contributed by atoms with Crippen LogP contribution in [0.25, 0.3) is 6.08 Å². The zero-order valence-corrected chi connectivity index (χ0v) is 6.77. The van der Waals surface area contributed by atoms with Gasteiger partial charge < -0.3 is 5.21 Å². The first-order valence-corrected chi connectivity index (χ1v) is 3.87. The number of nitrogens with zero attached hydrogens (tertiary/aromatic N) is 1. The lowest BCUT2D eigenvalue weighted by Gasteiger charge is -2.08. The second kappa shape index (κ2) is 2.86. The Morgan fingerprint density at radius 2 is 1.92 bits per heavy atom. The Morgan fingerprint density at radius 3 is 2.69 bits per heavy atom. The Kier molecular flexibility index (Phi) is 1.70. The molecular formula is C10H7NO2. The van der Waals surface area contributed by atoms with Crippen LogP contribution < -0.4 is 0 Å². The monoisotopic (exact) mass is 173 g/mol. The van der Waals surface area contributed by atoms with Gasteiger partial charge in [0.1, 0.15) is 0 Å². The van der Waals surface area contributed by atoms with Crippen LogP contribution in [0.2, 0.25) is 0 Å². The molecule has 0 aromatic heterocycles. The number of allylic oxidation sites excluding steroid dienone is 1. The Bertz CT molecular complexity index is 419. The summed E-state index contributed by atoms with van der Waals surface area (Å²) >= 11 is 0. The van der Waals surface area contributed by atoms with Gasteiger partial charge in [-0.25, -0.2) is 0 Å². The van der Waals surface area contributed by atoms with Crippen molar-refractivity contribution >= 4 is 17.6 Å². The van der Waals surface area contributed by atoms with Crippen LogP contribution in [0, 0.1) is 0 Å². The SMILES string of the molecule is O=C1/C(=N\O)C=Cc2ccccc21. The van der Waals surface area contributed by atoms with Crippen molar-refractivity contribution in [2.75, 3.05) is 0 Å². The highest BCUT2D eigenvalue weighted by atomic mass is 16.4. The maximum absolute atomic E-state index is 11.5. The number of ketones is 1. The summed E-state index contributed by atoms with van der Waals surface area (Å²) in [6.45, 7) is 0. The fraction of sp³-hybridized carbons (Fsp3) is 0. The number of benzene rings is 1. The smallest absolute Gasteiger partial charge is 0.215 e. The molecule has 0 bridgehead atoms. The van der Waals surface area contributed by atoms with Crippen molar-refractivity contribution in [3.05, 3.63) is 41.5 Å². The van der Waals surface area contributed by atoms with E-state index in [1.807, 2.05) is 12.1 Å². The van der Waals surface area contributed by atoms with Crippen molar-refractivity contribution in [3.8, 4) is 0 Å². The van der Waals surface area contributed by atoms with E-state index < -0.39 is 0 Å². The fourth-order valence-corrected chi connectivity index (χ4v) is 1.31. The summed E-state index contributed by atoms with van der Waals surface area (Å²) in [6, 6.07) is 7.20. The van der Waals surface area contributed by atoms with Crippen molar-refractivity contribution in [2.45, 2.75) is 0 Å². The Labute approximate surface area is 75.0 Å². The van der Waals surface area contributed by atoms with Gasteiger partial charge in [0, 0.05) is 5.56 Å². The van der Waals surface area contributed by atoms with Gasteiger partial charge in [-0.1, -0.05) is 35.5 Å². The normalized spacial score (nSPS) is 17.5. The van der Waals surface area contributed by atoms with Gasteiger partial charge in [-0.05, 0) is 11.6 Å². The van der Waals surface area contributed by atoms with Gasteiger partial charge in [0.25, 0.3) is 0 Å². The second-order valence-electron chi connectivity index (χ2n) is 2.73. The summed E-state index contributed by atoms with van der Waals surface area (Å²) in [6.07, 6.45) is 3.26. The maximum atomic E-state index is 11.5. The van der Waals surface area contributed by atoms with Crippen molar-refractivity contribution in [1.29, 1.82) is 0 Å². The van der Waals surface area contributed by atoms with Gasteiger partial charge in [0.15, 0.2) is 5.71 Å². The molecule has 0 atom stereocenters. The number of carbonyl (C=O) groups is 1. The molecule has 0 radical (unpaired) electrons. The third-order valence-electron chi connectivity index (χ3n) is 1.97. The van der Waals surface area contributed by atoms with Crippen LogP contribution in [0.5, 0.6) is 0 Å². The molecule has 0 heterocycles. The lowest BCUT2D eigenvalue weighted by molar-refractivity contribution is 0.106. The molecule has 0 aliphatic heterocycles. The first kappa shape index (κ1) is 7.73. The number of fused-ring (bicyclic) bond motifs is 1. The minimum Gasteiger partial charge on any atom is -0.410 e. The topological polar surface area (TPSA) is 49.7 Å². The van der Waals surface area contributed by atoms with Gasteiger partial charge in [-0.15, -0.1) is 0 Å². The predicted octanol–water partition coefficient (Wildman–Crippen LogP) is 1.73. The molecule has 0 spiro atoms. The van der Waals surface area contributed by atoms with E-state index >= 15 is 0 Å². The van der Waals surface area contributed by atoms with E-state index in [4.69, 9.17) is 5.21 Å². The Balaban J connectivity index is 2.61. The first-order valence-electron chi connectivity index (χ1n) is 3.87. The molecule has 1 aromatic rings. The van der Waals surface area contributed by atoms with Gasteiger partial charge in [0.05, 0.1) is 0 Å². The van der Waals surface area contributed by atoms with E-state index in [1.54, 1.807) is 18.2 Å². The first-order chi connectivity index (χ1) is 6.33. The molecule has 1 aromatic carbocycles. The molecule has 3 heteroatoms. The predicted molar refractivity (Wildman–Crippen MR) is 49.0 cm³/mol. The molecule has 1 N–H and O–H groups in total. The molecule has 3 nitrogen and oxygen atoms in total. The summed E-state index contributed by atoms with van der Waals surface area (Å²) < 4.78 is 0. The summed E-state index contributed by atoms with van der Waals surface area (Å²) in [5.74, 6) is -0.236. The Morgan fingerprint density at radius 1 is 1.15 bits per heavy atom. The number of carbonyl (C=O) groups excluding carboxylic acids is 1. The molecule has 2 rings (SSSR count). The standard InChI is InChI=1S/C10H7NO2/c12-10-8-4-2-1-3-7(8)5-6-9(10)11-13/h1-6,13H/b11-9-. The lowest BCUT2D eigenvalue weighted by atomic mass is 9.95. The molecule has 1 aliphatic carbocycles. The molecular weight excluding hydrogens is 166 g/mol. The second-order valence-corrected chi connectivity index (χ2v) is 2.73. The van der Waals surface area contributed by atoms with Gasteiger partial charge in [-0.2, -0.15) is 0 Å². The van der Waals surface area contributed by atoms with Crippen molar-refractivity contribution in [1.82, 2.24) is 0 Å². The summed E-state index contributed by atoms with van der Waals surface area (Å²) in [7, 11) is 0. The van der Waals surface area contributed by atoms with Crippen LogP contribution in [0.15, 0.2) is 35.5 Å². The fourth-order valence-electron chi connectivity index (χ4n) is 1.31. The number of hydrogen-bond donors (Lipinski definition) is 1. The lowest BCUT2D eigenvalue weighted by Crippen LogP contribution is -2.16. The van der Waals surface area contributed by atoms with E-state index in [1.165, 1.54) is 6.08 Å². The van der Waals surface area contributed by atoms with E-state index in [2.05, 4.69) is 5.16 Å². The number of oxime groups is 1. The highest BCUT2D eigenvalue weighted by molar-refractivity contribution is 6.52. The van der Waals surface area contributed by atoms with Crippen LogP contribution in [-0.4, -0.2) is 16.7 Å². The van der Waals surface area contributed by atoms with E-state index in [-0.39, 0.29) is 11.5 Å². The highest BCUT2D eigenvalue weighted by Crippen LogP contribution is 2.16. The third-order valence-corrected chi connectivity index (χ3v) is 1.97. The quantitative estimate of drug-likeness (QED) is 0.479. The average Bonchev–Trinajstić information content (AvgIpc) is 2.19. The molecule has 0 saturated carbocycles. The van der Waals surface area contributed by atoms with Gasteiger partial charge in [0.2, 0.25) is 5.78 Å². The average molecular weight is 173 g/mol. The molecule has 64 valence electrons. The summed E-state index contributed by atoms with van der Waals surface area (Å²) in [5, 5.41) is 11.4. The molecule has 1 aliphatic rings. The number of hydrogen-bond acceptors (Lipinski definition) is 3. The number of Topliss-reactive ketones (excluding diaryl/α,β-unsaturated/α-hetero) is 1. The van der Waals surface area contributed by atoms with Crippen molar-refractivity contribution in [2.24, 2.45) is 5.16 Å². The van der Waals surface area contributed by atoms with Crippen LogP contribution in [-0.2, 0) is 0 Å². The van der Waals surface area contributed by atoms with Crippen LogP contribution in [0.1, 0.15) is 15.9 Å². The van der Waals surface area contributed by atoms with Crippen LogP contribution >= 0.6 is 0 Å². The van der Waals surface area contributed by atoms with Gasteiger partial charge in [-0.3, -0.25) is 4.79 Å².